The van der Waals surface area contributed by atoms with Gasteiger partial charge in [0.05, 0.1) is 0 Å². The Morgan fingerprint density at radius 2 is 1.77 bits per heavy atom. The van der Waals surface area contributed by atoms with Crippen LogP contribution >= 0.6 is 0 Å². The summed E-state index contributed by atoms with van der Waals surface area (Å²) in [6.45, 7) is 0. The largest absolute Gasteiger partial charge is 1.00 e. The van der Waals surface area contributed by atoms with Crippen LogP contribution in [0.2, 0.25) is 0 Å². The molecule has 0 bridgehead atoms. The normalized spacial score (nSPS) is 10.2. The molecule has 1 N–H and O–H groups in total. The Hall–Kier alpha value is 0.566. The zero-order valence-electron chi connectivity index (χ0n) is 7.23. The van der Waals surface area contributed by atoms with Crippen LogP contribution in [-0.4, -0.2) is 18.8 Å². The first-order valence-electron chi connectivity index (χ1n) is 3.30. The molecule has 0 atom stereocenters. The van der Waals surface area contributed by atoms with E-state index in [-0.39, 0.29) is 51.4 Å². The maximum atomic E-state index is 10.2. The van der Waals surface area contributed by atoms with E-state index in [0.29, 0.717) is 5.69 Å². The molecule has 0 amide bonds. The van der Waals surface area contributed by atoms with Crippen molar-refractivity contribution >= 4 is 15.8 Å². The zero-order valence-corrected chi connectivity index (χ0v) is 11.2. The molecule has 1 aromatic rings. The summed E-state index contributed by atoms with van der Waals surface area (Å²) in [5, 5.41) is 2.48. The van der Waals surface area contributed by atoms with E-state index in [0.717, 1.165) is 0 Å². The van der Waals surface area contributed by atoms with E-state index >= 15 is 0 Å². The average molecular weight is 225 g/mol. The summed E-state index contributed by atoms with van der Waals surface area (Å²) < 4.78 is 30.6. The summed E-state index contributed by atoms with van der Waals surface area (Å²) in [5.41, 5.74) is 0.622. The summed E-state index contributed by atoms with van der Waals surface area (Å²) in [6, 6.07) is 8.67. The fourth-order valence-corrected chi connectivity index (χ4v) is 1.07. The van der Waals surface area contributed by atoms with Gasteiger partial charge in [-0.15, -0.1) is 0 Å². The predicted octanol–water partition coefficient (Wildman–Crippen LogP) is -2.39. The Morgan fingerprint density at radius 3 is 2.23 bits per heavy atom. The molecule has 66 valence electrons. The third-order valence-corrected chi connectivity index (χ3v) is 1.72. The Bertz CT molecular complexity index is 338. The minimum Gasteiger partial charge on any atom is -0.747 e. The van der Waals surface area contributed by atoms with Gasteiger partial charge in [0.2, 0.25) is 0 Å². The molecule has 0 aliphatic rings. The maximum absolute atomic E-state index is 10.2. The van der Waals surface area contributed by atoms with Crippen molar-refractivity contribution in [3.8, 4) is 0 Å². The number of hydrogen-bond donors (Lipinski definition) is 1. The number of nitrogens with one attached hydrogen (secondary N) is 1. The molecule has 1 rings (SSSR count). The molecule has 0 heterocycles. The van der Waals surface area contributed by atoms with Gasteiger partial charge in [0.25, 0.3) is 0 Å². The standard InChI is InChI=1S/C7H9NO3S.K/c9-12(10,11)6-8-7-4-2-1-3-5-7;/h1-5,8H,6H2,(H,9,10,11);/q;+1/p-1. The van der Waals surface area contributed by atoms with Crippen LogP contribution in [-0.2, 0) is 10.1 Å². The van der Waals surface area contributed by atoms with Gasteiger partial charge < -0.3 is 9.87 Å². The molecule has 0 aromatic heterocycles. The third kappa shape index (κ3) is 6.61. The first kappa shape index (κ1) is 13.6. The molecule has 0 aliphatic heterocycles. The summed E-state index contributed by atoms with van der Waals surface area (Å²) in [5.74, 6) is -0.572. The number of rotatable bonds is 3. The van der Waals surface area contributed by atoms with Crippen LogP contribution in [0.1, 0.15) is 0 Å². The second-order valence-electron chi connectivity index (χ2n) is 2.24. The minimum atomic E-state index is -4.18. The Morgan fingerprint density at radius 1 is 1.23 bits per heavy atom. The van der Waals surface area contributed by atoms with Crippen LogP contribution in [0.4, 0.5) is 5.69 Å². The molecular weight excluding hydrogens is 217 g/mol. The van der Waals surface area contributed by atoms with E-state index in [1.165, 1.54) is 0 Å². The number of anilines is 1. The van der Waals surface area contributed by atoms with Gasteiger partial charge in [-0.05, 0) is 12.1 Å². The van der Waals surface area contributed by atoms with Crippen molar-refractivity contribution in [2.75, 3.05) is 11.2 Å². The second-order valence-corrected chi connectivity index (χ2v) is 3.65. The first-order chi connectivity index (χ1) is 5.58. The van der Waals surface area contributed by atoms with E-state index in [4.69, 9.17) is 0 Å². The van der Waals surface area contributed by atoms with Crippen LogP contribution in [0.25, 0.3) is 0 Å². The van der Waals surface area contributed by atoms with E-state index in [2.05, 4.69) is 5.32 Å². The Labute approximate surface area is 120 Å². The molecule has 0 radical (unpaired) electrons. The van der Waals surface area contributed by atoms with Crippen molar-refractivity contribution in [1.82, 2.24) is 0 Å². The van der Waals surface area contributed by atoms with E-state index in [1.807, 2.05) is 0 Å². The summed E-state index contributed by atoms with van der Waals surface area (Å²) in [4.78, 5) is 0. The summed E-state index contributed by atoms with van der Waals surface area (Å²) >= 11 is 0. The van der Waals surface area contributed by atoms with E-state index in [9.17, 15) is 13.0 Å². The molecule has 0 saturated heterocycles. The molecule has 0 saturated carbocycles. The smallest absolute Gasteiger partial charge is 0.747 e. The molecular formula is C7H8KNO3S. The monoisotopic (exact) mass is 225 g/mol. The Balaban J connectivity index is 0.00000144. The summed E-state index contributed by atoms with van der Waals surface area (Å²) in [7, 11) is -4.18. The number of hydrogen-bond acceptors (Lipinski definition) is 4. The van der Waals surface area contributed by atoms with Crippen LogP contribution in [0.3, 0.4) is 0 Å². The van der Waals surface area contributed by atoms with Crippen LogP contribution < -0.4 is 56.7 Å². The zero-order chi connectivity index (χ0) is 9.03. The van der Waals surface area contributed by atoms with Gasteiger partial charge in [-0.1, -0.05) is 18.2 Å². The molecule has 13 heavy (non-hydrogen) atoms. The van der Waals surface area contributed by atoms with Gasteiger partial charge in [0.15, 0.2) is 0 Å². The number of benzene rings is 1. The fraction of sp³-hybridized carbons (Fsp3) is 0.143. The Kier molecular flexibility index (Phi) is 6.39. The molecule has 4 nitrogen and oxygen atoms in total. The SMILES string of the molecule is O=S(=O)([O-])CNc1ccccc1.[K+]. The summed E-state index contributed by atoms with van der Waals surface area (Å²) in [6.07, 6.45) is 0. The third-order valence-electron chi connectivity index (χ3n) is 1.23. The van der Waals surface area contributed by atoms with Gasteiger partial charge in [-0.25, -0.2) is 8.42 Å². The average Bonchev–Trinajstić information content (AvgIpc) is 2.02. The van der Waals surface area contributed by atoms with Gasteiger partial charge in [-0.3, -0.25) is 0 Å². The molecule has 0 aliphatic carbocycles. The quantitative estimate of drug-likeness (QED) is 0.460. The molecule has 0 spiro atoms. The van der Waals surface area contributed by atoms with Crippen LogP contribution in [0, 0.1) is 0 Å². The van der Waals surface area contributed by atoms with Gasteiger partial charge >= 0.3 is 51.4 Å². The minimum absolute atomic E-state index is 0. The second kappa shape index (κ2) is 6.13. The van der Waals surface area contributed by atoms with Crippen LogP contribution in [0.15, 0.2) is 30.3 Å². The van der Waals surface area contributed by atoms with Gasteiger partial charge in [0.1, 0.15) is 16.0 Å². The molecule has 6 heteroatoms. The van der Waals surface area contributed by atoms with Crippen molar-refractivity contribution in [2.45, 2.75) is 0 Å². The molecule has 0 fully saturated rings. The first-order valence-corrected chi connectivity index (χ1v) is 4.88. The van der Waals surface area contributed by atoms with Gasteiger partial charge in [-0.2, -0.15) is 0 Å². The van der Waals surface area contributed by atoms with Gasteiger partial charge in [0, 0.05) is 5.69 Å². The maximum Gasteiger partial charge on any atom is 1.00 e. The number of para-hydroxylation sites is 1. The molecule has 0 unspecified atom stereocenters. The van der Waals surface area contributed by atoms with Crippen molar-refractivity contribution in [1.29, 1.82) is 0 Å². The topological polar surface area (TPSA) is 69.2 Å². The van der Waals surface area contributed by atoms with Crippen molar-refractivity contribution in [3.05, 3.63) is 30.3 Å². The predicted molar refractivity (Wildman–Crippen MR) is 44.6 cm³/mol. The van der Waals surface area contributed by atoms with E-state index < -0.39 is 16.0 Å². The van der Waals surface area contributed by atoms with Crippen molar-refractivity contribution in [2.24, 2.45) is 0 Å². The van der Waals surface area contributed by atoms with Crippen molar-refractivity contribution in [3.63, 3.8) is 0 Å². The van der Waals surface area contributed by atoms with Crippen LogP contribution in [0.5, 0.6) is 0 Å². The van der Waals surface area contributed by atoms with E-state index in [1.54, 1.807) is 30.3 Å². The molecule has 1 aromatic carbocycles. The van der Waals surface area contributed by atoms with Crippen molar-refractivity contribution < 1.29 is 64.4 Å². The fourth-order valence-electron chi connectivity index (χ4n) is 0.728.